The van der Waals surface area contributed by atoms with Gasteiger partial charge in [-0.05, 0) is 42.0 Å². The molecule has 0 radical (unpaired) electrons. The predicted octanol–water partition coefficient (Wildman–Crippen LogP) is 3.36. The van der Waals surface area contributed by atoms with E-state index >= 15 is 0 Å². The summed E-state index contributed by atoms with van der Waals surface area (Å²) in [6, 6.07) is 16.3. The van der Waals surface area contributed by atoms with E-state index in [2.05, 4.69) is 15.1 Å². The normalized spacial score (nSPS) is 22.9. The van der Waals surface area contributed by atoms with Gasteiger partial charge in [-0.25, -0.2) is 14.4 Å². The van der Waals surface area contributed by atoms with Crippen molar-refractivity contribution >= 4 is 27.9 Å². The van der Waals surface area contributed by atoms with Crippen molar-refractivity contribution in [3.63, 3.8) is 0 Å². The van der Waals surface area contributed by atoms with Crippen molar-refractivity contribution in [3.8, 4) is 11.3 Å². The van der Waals surface area contributed by atoms with E-state index in [9.17, 15) is 9.18 Å². The van der Waals surface area contributed by atoms with Crippen LogP contribution in [0.2, 0.25) is 0 Å². The number of H-pyrrole nitrogens is 1. The van der Waals surface area contributed by atoms with Gasteiger partial charge in [-0.1, -0.05) is 30.3 Å². The topological polar surface area (TPSA) is 106 Å². The minimum atomic E-state index is -0.314. The predicted molar refractivity (Wildman–Crippen MR) is 141 cm³/mol. The summed E-state index contributed by atoms with van der Waals surface area (Å²) in [5.74, 6) is 1.24. The summed E-state index contributed by atoms with van der Waals surface area (Å²) in [4.78, 5) is 23.9. The van der Waals surface area contributed by atoms with E-state index < -0.39 is 0 Å². The Morgan fingerprint density at radius 2 is 2.00 bits per heavy atom. The van der Waals surface area contributed by atoms with Crippen LogP contribution in [0.5, 0.6) is 0 Å². The Hall–Kier alpha value is -4.11. The molecule has 37 heavy (non-hydrogen) atoms. The molecule has 1 saturated heterocycles. The molecule has 0 bridgehead atoms. The van der Waals surface area contributed by atoms with E-state index in [-0.39, 0.29) is 22.7 Å². The van der Waals surface area contributed by atoms with Gasteiger partial charge < -0.3 is 15.2 Å². The van der Waals surface area contributed by atoms with Gasteiger partial charge in [0.05, 0.1) is 17.4 Å². The first-order chi connectivity index (χ1) is 18.0. The average Bonchev–Trinajstić information content (AvgIpc) is 3.39. The molecule has 5 aromatic rings. The lowest BCUT2D eigenvalue weighted by Gasteiger charge is -2.26. The van der Waals surface area contributed by atoms with Gasteiger partial charge >= 0.3 is 0 Å². The van der Waals surface area contributed by atoms with Crippen LogP contribution in [0, 0.1) is 17.7 Å². The summed E-state index contributed by atoms with van der Waals surface area (Å²) < 4.78 is 16.3. The zero-order valence-corrected chi connectivity index (χ0v) is 20.4. The van der Waals surface area contributed by atoms with Gasteiger partial charge in [0.15, 0.2) is 0 Å². The molecule has 0 unspecified atom stereocenters. The maximum atomic E-state index is 14.7. The number of benzene rings is 2. The molecule has 0 amide bonds. The number of nitrogens with zero attached hydrogens (tertiary/aromatic N) is 5. The number of hydrogen-bond acceptors (Lipinski definition) is 6. The van der Waals surface area contributed by atoms with Crippen LogP contribution in [0.15, 0.2) is 65.6 Å². The molecular weight excluding hydrogens is 469 g/mol. The highest BCUT2D eigenvalue weighted by Crippen LogP contribution is 2.63. The number of fused-ring (bicyclic) bond motifs is 3. The van der Waals surface area contributed by atoms with Crippen molar-refractivity contribution in [2.75, 3.05) is 24.5 Å². The van der Waals surface area contributed by atoms with Crippen molar-refractivity contribution in [2.24, 2.45) is 24.6 Å². The van der Waals surface area contributed by atoms with Crippen LogP contribution in [-0.4, -0.2) is 44.4 Å². The standard InChI is InChI=1S/C28H26FN7O/c1-35-22-8-4-5-17(16(22)9-10-24(35)37)25-26-27(34-33-25)32-23(13-31-26)36-12-11-18-20(14-36)28(18,15-30)19-6-2-3-7-21(19)29/h2-10,13,18,20H,11-12,14-15,30H2,1H3,(H,32,33,34)/t18-,20+,28-/m1/s1. The van der Waals surface area contributed by atoms with Gasteiger partial charge in [0.1, 0.15) is 17.2 Å². The number of aromatic nitrogens is 5. The molecule has 1 aliphatic carbocycles. The van der Waals surface area contributed by atoms with E-state index in [1.807, 2.05) is 36.4 Å². The van der Waals surface area contributed by atoms with Crippen LogP contribution in [0.3, 0.4) is 0 Å². The molecule has 4 heterocycles. The van der Waals surface area contributed by atoms with E-state index in [0.29, 0.717) is 23.6 Å². The van der Waals surface area contributed by atoms with Crippen molar-refractivity contribution in [1.29, 1.82) is 0 Å². The van der Waals surface area contributed by atoms with Gasteiger partial charge in [0.2, 0.25) is 5.65 Å². The fourth-order valence-electron chi connectivity index (χ4n) is 6.59. The van der Waals surface area contributed by atoms with Crippen LogP contribution in [-0.2, 0) is 12.5 Å². The van der Waals surface area contributed by atoms with E-state index in [0.717, 1.165) is 53.1 Å². The Kier molecular flexibility index (Phi) is 4.75. The van der Waals surface area contributed by atoms with E-state index in [1.54, 1.807) is 29.9 Å². The molecule has 1 saturated carbocycles. The maximum absolute atomic E-state index is 14.7. The molecule has 2 fully saturated rings. The fraction of sp³-hybridized carbons (Fsp3) is 0.286. The highest BCUT2D eigenvalue weighted by molar-refractivity contribution is 6.00. The SMILES string of the molecule is Cn1c(=O)ccc2c(-c3[nH]nc4nc(N5CC[C@@H]6[C@H](C5)[C@@]6(CN)c5ccccc5F)cnc34)cccc21. The smallest absolute Gasteiger partial charge is 0.250 e. The number of nitrogens with one attached hydrogen (secondary N) is 1. The van der Waals surface area contributed by atoms with Crippen molar-refractivity contribution in [1.82, 2.24) is 24.7 Å². The lowest BCUT2D eigenvalue weighted by molar-refractivity contribution is 0.533. The molecule has 2 aliphatic rings. The molecule has 8 nitrogen and oxygen atoms in total. The van der Waals surface area contributed by atoms with E-state index in [1.165, 1.54) is 6.07 Å². The second-order valence-corrected chi connectivity index (χ2v) is 10.1. The number of nitrogens with two attached hydrogens (primary N) is 1. The third kappa shape index (κ3) is 3.10. The number of pyridine rings is 1. The van der Waals surface area contributed by atoms with Crippen LogP contribution < -0.4 is 16.2 Å². The van der Waals surface area contributed by atoms with Crippen molar-refractivity contribution in [3.05, 3.63) is 82.5 Å². The molecule has 9 heteroatoms. The number of halogens is 1. The molecule has 1 aliphatic heterocycles. The monoisotopic (exact) mass is 495 g/mol. The van der Waals surface area contributed by atoms with Crippen LogP contribution in [0.1, 0.15) is 12.0 Å². The Balaban J connectivity index is 1.22. The van der Waals surface area contributed by atoms with Gasteiger partial charge in [-0.15, -0.1) is 0 Å². The van der Waals surface area contributed by atoms with Crippen LogP contribution in [0.4, 0.5) is 10.2 Å². The summed E-state index contributed by atoms with van der Waals surface area (Å²) in [6.45, 7) is 2.00. The van der Waals surface area contributed by atoms with Gasteiger partial charge in [0, 0.05) is 49.1 Å². The summed E-state index contributed by atoms with van der Waals surface area (Å²) in [5.41, 5.74) is 10.3. The Morgan fingerprint density at radius 1 is 1.14 bits per heavy atom. The second kappa shape index (κ2) is 7.94. The third-order valence-corrected chi connectivity index (χ3v) is 8.55. The number of rotatable bonds is 4. The Bertz CT molecular complexity index is 1740. The fourth-order valence-corrected chi connectivity index (χ4v) is 6.59. The lowest BCUT2D eigenvalue weighted by Crippen LogP contribution is -2.32. The highest BCUT2D eigenvalue weighted by atomic mass is 19.1. The molecule has 186 valence electrons. The largest absolute Gasteiger partial charge is 0.355 e. The first-order valence-corrected chi connectivity index (χ1v) is 12.5. The zero-order valence-electron chi connectivity index (χ0n) is 20.4. The minimum absolute atomic E-state index is 0.0587. The number of anilines is 1. The number of hydrogen-bond donors (Lipinski definition) is 2. The molecule has 3 aromatic heterocycles. The summed E-state index contributed by atoms with van der Waals surface area (Å²) >= 11 is 0. The quantitative estimate of drug-likeness (QED) is 0.396. The number of aryl methyl sites for hydroxylation is 1. The van der Waals surface area contributed by atoms with E-state index in [4.69, 9.17) is 15.7 Å². The second-order valence-electron chi connectivity index (χ2n) is 10.1. The average molecular weight is 496 g/mol. The maximum Gasteiger partial charge on any atom is 0.250 e. The Labute approximate surface area is 212 Å². The van der Waals surface area contributed by atoms with Gasteiger partial charge in [-0.3, -0.25) is 9.89 Å². The summed E-state index contributed by atoms with van der Waals surface area (Å²) in [5, 5.41) is 8.51. The number of aromatic amines is 1. The molecule has 3 N–H and O–H groups in total. The highest BCUT2D eigenvalue weighted by Gasteiger charge is 2.66. The zero-order chi connectivity index (χ0) is 25.3. The molecule has 2 aromatic carbocycles. The summed E-state index contributed by atoms with van der Waals surface area (Å²) in [7, 11) is 1.76. The third-order valence-electron chi connectivity index (χ3n) is 8.55. The van der Waals surface area contributed by atoms with Gasteiger partial charge in [-0.2, -0.15) is 5.10 Å². The van der Waals surface area contributed by atoms with Gasteiger partial charge in [0.25, 0.3) is 5.56 Å². The number of piperidine rings is 1. The molecule has 7 rings (SSSR count). The molecular formula is C28H26FN7O. The van der Waals surface area contributed by atoms with Crippen molar-refractivity contribution in [2.45, 2.75) is 11.8 Å². The van der Waals surface area contributed by atoms with Crippen LogP contribution in [0.25, 0.3) is 33.3 Å². The van der Waals surface area contributed by atoms with Crippen LogP contribution >= 0.6 is 0 Å². The molecule has 0 spiro atoms. The minimum Gasteiger partial charge on any atom is -0.355 e. The lowest BCUT2D eigenvalue weighted by atomic mass is 9.91. The molecule has 3 atom stereocenters. The van der Waals surface area contributed by atoms with Crippen molar-refractivity contribution < 1.29 is 4.39 Å². The first-order valence-electron chi connectivity index (χ1n) is 12.5. The first kappa shape index (κ1) is 22.1. The Morgan fingerprint density at radius 3 is 2.84 bits per heavy atom. The summed E-state index contributed by atoms with van der Waals surface area (Å²) in [6.07, 6.45) is 2.72.